The van der Waals surface area contributed by atoms with Crippen LogP contribution in [0.5, 0.6) is 0 Å². The van der Waals surface area contributed by atoms with Crippen LogP contribution in [0.4, 0.5) is 4.39 Å². The molecular weight excluding hydrogens is 227 g/mol. The highest BCUT2D eigenvalue weighted by Crippen LogP contribution is 2.17. The van der Waals surface area contributed by atoms with Gasteiger partial charge in [-0.1, -0.05) is 30.7 Å². The van der Waals surface area contributed by atoms with Crippen molar-refractivity contribution in [3.8, 4) is 0 Å². The number of hydrogen-bond donors (Lipinski definition) is 1. The van der Waals surface area contributed by atoms with E-state index in [1.807, 2.05) is 0 Å². The fourth-order valence-corrected chi connectivity index (χ4v) is 1.53. The van der Waals surface area contributed by atoms with Crippen molar-refractivity contribution in [1.29, 1.82) is 0 Å². The zero-order valence-electron chi connectivity index (χ0n) is 9.76. The summed E-state index contributed by atoms with van der Waals surface area (Å²) in [5.74, 6) is -0.319. The summed E-state index contributed by atoms with van der Waals surface area (Å²) in [4.78, 5) is 2.20. The van der Waals surface area contributed by atoms with Crippen LogP contribution in [0.1, 0.15) is 12.5 Å². The third kappa shape index (κ3) is 4.08. The zero-order valence-corrected chi connectivity index (χ0v) is 10.5. The average Bonchev–Trinajstić information content (AvgIpc) is 2.29. The van der Waals surface area contributed by atoms with Crippen LogP contribution < -0.4 is 5.32 Å². The van der Waals surface area contributed by atoms with Gasteiger partial charge >= 0.3 is 0 Å². The Labute approximate surface area is 101 Å². The first-order valence-corrected chi connectivity index (χ1v) is 5.85. The molecule has 16 heavy (non-hydrogen) atoms. The molecule has 0 bridgehead atoms. The average molecular weight is 245 g/mol. The number of likely N-dealkylation sites (N-methyl/N-ethyl adjacent to an activating group) is 1. The van der Waals surface area contributed by atoms with Crippen molar-refractivity contribution < 1.29 is 4.39 Å². The van der Waals surface area contributed by atoms with E-state index in [2.05, 4.69) is 24.2 Å². The minimum atomic E-state index is -0.319. The summed E-state index contributed by atoms with van der Waals surface area (Å²) in [6, 6.07) is 5.07. The number of halogens is 2. The third-order valence-corrected chi connectivity index (χ3v) is 2.85. The van der Waals surface area contributed by atoms with Crippen molar-refractivity contribution in [2.45, 2.75) is 13.5 Å². The van der Waals surface area contributed by atoms with Gasteiger partial charge in [0.15, 0.2) is 0 Å². The van der Waals surface area contributed by atoms with Gasteiger partial charge in [0.05, 0.1) is 5.02 Å². The Kier molecular flexibility index (Phi) is 5.74. The van der Waals surface area contributed by atoms with E-state index < -0.39 is 0 Å². The highest BCUT2D eigenvalue weighted by Gasteiger charge is 2.05. The SMILES string of the molecule is CCN(C)CCNCc1cccc(Cl)c1F. The second-order valence-electron chi connectivity index (χ2n) is 3.79. The normalized spacial score (nSPS) is 11.1. The van der Waals surface area contributed by atoms with Crippen LogP contribution in [0.15, 0.2) is 18.2 Å². The fourth-order valence-electron chi connectivity index (χ4n) is 1.34. The van der Waals surface area contributed by atoms with Crippen LogP contribution in [0.2, 0.25) is 5.02 Å². The van der Waals surface area contributed by atoms with Crippen molar-refractivity contribution in [3.05, 3.63) is 34.6 Å². The van der Waals surface area contributed by atoms with Crippen molar-refractivity contribution in [2.24, 2.45) is 0 Å². The zero-order chi connectivity index (χ0) is 12.0. The van der Waals surface area contributed by atoms with E-state index in [1.54, 1.807) is 18.2 Å². The molecule has 0 saturated heterocycles. The van der Waals surface area contributed by atoms with E-state index in [0.29, 0.717) is 12.1 Å². The quantitative estimate of drug-likeness (QED) is 0.774. The molecule has 0 spiro atoms. The molecule has 0 radical (unpaired) electrons. The number of benzene rings is 1. The maximum absolute atomic E-state index is 13.5. The van der Waals surface area contributed by atoms with Crippen molar-refractivity contribution in [1.82, 2.24) is 10.2 Å². The van der Waals surface area contributed by atoms with Crippen molar-refractivity contribution >= 4 is 11.6 Å². The van der Waals surface area contributed by atoms with Crippen molar-refractivity contribution in [3.63, 3.8) is 0 Å². The lowest BCUT2D eigenvalue weighted by Gasteiger charge is -2.14. The molecule has 0 atom stereocenters. The molecule has 1 N–H and O–H groups in total. The second kappa shape index (κ2) is 6.84. The van der Waals surface area contributed by atoms with E-state index in [1.165, 1.54) is 0 Å². The number of rotatable bonds is 6. The van der Waals surface area contributed by atoms with Crippen LogP contribution >= 0.6 is 11.6 Å². The molecule has 0 saturated carbocycles. The third-order valence-electron chi connectivity index (χ3n) is 2.56. The van der Waals surface area contributed by atoms with Crippen molar-refractivity contribution in [2.75, 3.05) is 26.7 Å². The molecule has 1 aromatic rings. The molecule has 4 heteroatoms. The number of nitrogens with zero attached hydrogens (tertiary/aromatic N) is 1. The Morgan fingerprint density at radius 1 is 1.44 bits per heavy atom. The van der Waals surface area contributed by atoms with Crippen LogP contribution in [0.25, 0.3) is 0 Å². The standard InChI is InChI=1S/C12H18ClFN2/c1-3-16(2)8-7-15-9-10-5-4-6-11(13)12(10)14/h4-6,15H,3,7-9H2,1-2H3. The van der Waals surface area contributed by atoms with Gasteiger partial charge in [-0.2, -0.15) is 0 Å². The van der Waals surface area contributed by atoms with Gasteiger partial charge in [-0.3, -0.25) is 0 Å². The molecule has 1 rings (SSSR count). The summed E-state index contributed by atoms with van der Waals surface area (Å²) < 4.78 is 13.5. The summed E-state index contributed by atoms with van der Waals surface area (Å²) in [7, 11) is 2.06. The second-order valence-corrected chi connectivity index (χ2v) is 4.19. The molecule has 0 aliphatic carbocycles. The lowest BCUT2D eigenvalue weighted by atomic mass is 10.2. The maximum Gasteiger partial charge on any atom is 0.146 e. The summed E-state index contributed by atoms with van der Waals surface area (Å²) >= 11 is 5.69. The minimum absolute atomic E-state index is 0.185. The largest absolute Gasteiger partial charge is 0.311 e. The maximum atomic E-state index is 13.5. The van der Waals surface area contributed by atoms with Crippen LogP contribution in [0, 0.1) is 5.82 Å². The number of nitrogens with one attached hydrogen (secondary N) is 1. The molecule has 0 aliphatic heterocycles. The Balaban J connectivity index is 2.35. The smallest absolute Gasteiger partial charge is 0.146 e. The predicted molar refractivity (Wildman–Crippen MR) is 66.3 cm³/mol. The molecule has 0 unspecified atom stereocenters. The first-order valence-electron chi connectivity index (χ1n) is 5.47. The highest BCUT2D eigenvalue weighted by atomic mass is 35.5. The first kappa shape index (κ1) is 13.4. The summed E-state index contributed by atoms with van der Waals surface area (Å²) in [5, 5.41) is 3.38. The highest BCUT2D eigenvalue weighted by molar-refractivity contribution is 6.30. The van der Waals surface area contributed by atoms with Gasteiger partial charge in [-0.15, -0.1) is 0 Å². The topological polar surface area (TPSA) is 15.3 Å². The Morgan fingerprint density at radius 2 is 2.19 bits per heavy atom. The summed E-state index contributed by atoms with van der Waals surface area (Å²) in [6.07, 6.45) is 0. The van der Waals surface area contributed by atoms with Crippen LogP contribution in [0.3, 0.4) is 0 Å². The molecule has 2 nitrogen and oxygen atoms in total. The van der Waals surface area contributed by atoms with Crippen LogP contribution in [-0.4, -0.2) is 31.6 Å². The molecule has 0 aromatic heterocycles. The van der Waals surface area contributed by atoms with E-state index in [0.717, 1.165) is 19.6 Å². The molecule has 0 aliphatic rings. The Bertz CT molecular complexity index is 331. The van der Waals surface area contributed by atoms with E-state index >= 15 is 0 Å². The van der Waals surface area contributed by atoms with E-state index in [9.17, 15) is 4.39 Å². The van der Waals surface area contributed by atoms with Gasteiger partial charge in [0.1, 0.15) is 5.82 Å². The fraction of sp³-hybridized carbons (Fsp3) is 0.500. The molecule has 0 heterocycles. The van der Waals surface area contributed by atoms with Gasteiger partial charge in [0.25, 0.3) is 0 Å². The summed E-state index contributed by atoms with van der Waals surface area (Å²) in [6.45, 7) is 5.45. The van der Waals surface area contributed by atoms with Gasteiger partial charge in [0, 0.05) is 25.2 Å². The minimum Gasteiger partial charge on any atom is -0.311 e. The molecule has 0 amide bonds. The lowest BCUT2D eigenvalue weighted by molar-refractivity contribution is 0.348. The monoisotopic (exact) mass is 244 g/mol. The van der Waals surface area contributed by atoms with Gasteiger partial charge in [-0.05, 0) is 19.7 Å². The molecule has 0 fully saturated rings. The Hall–Kier alpha value is -0.640. The molecule has 90 valence electrons. The van der Waals surface area contributed by atoms with Crippen LogP contribution in [-0.2, 0) is 6.54 Å². The summed E-state index contributed by atoms with van der Waals surface area (Å²) in [5.41, 5.74) is 0.617. The van der Waals surface area contributed by atoms with Gasteiger partial charge < -0.3 is 10.2 Å². The first-order chi connectivity index (χ1) is 7.65. The van der Waals surface area contributed by atoms with E-state index in [-0.39, 0.29) is 10.8 Å². The van der Waals surface area contributed by atoms with Gasteiger partial charge in [-0.25, -0.2) is 4.39 Å². The lowest BCUT2D eigenvalue weighted by Crippen LogP contribution is -2.28. The molecular formula is C12H18ClFN2. The predicted octanol–water partition coefficient (Wildman–Crippen LogP) is 2.52. The van der Waals surface area contributed by atoms with E-state index in [4.69, 9.17) is 11.6 Å². The number of hydrogen-bond acceptors (Lipinski definition) is 2. The molecule has 1 aromatic carbocycles. The van der Waals surface area contributed by atoms with Gasteiger partial charge in [0.2, 0.25) is 0 Å². The Morgan fingerprint density at radius 3 is 2.88 bits per heavy atom.